The second-order valence-electron chi connectivity index (χ2n) is 4.83. The fraction of sp³-hybridized carbons (Fsp3) is 0.286. The topological polar surface area (TPSA) is 64.0 Å². The molecule has 1 aliphatic carbocycles. The predicted octanol–water partition coefficient (Wildman–Crippen LogP) is 1.66. The van der Waals surface area contributed by atoms with Gasteiger partial charge < -0.3 is 4.57 Å². The predicted molar refractivity (Wildman–Crippen MR) is 77.1 cm³/mol. The molecule has 1 aromatic heterocycles. The van der Waals surface area contributed by atoms with E-state index in [1.54, 1.807) is 0 Å². The van der Waals surface area contributed by atoms with Gasteiger partial charge in [0.05, 0.1) is 23.5 Å². The largest absolute Gasteiger partial charge is 0.327 e. The quantitative estimate of drug-likeness (QED) is 0.851. The molecule has 0 bridgehead atoms. The van der Waals surface area contributed by atoms with Gasteiger partial charge in [0.1, 0.15) is 11.0 Å². The van der Waals surface area contributed by atoms with Crippen LogP contribution >= 0.6 is 0 Å². The number of hydrogen-bond acceptors (Lipinski definition) is 3. The standard InChI is InChI=1S/C14H15N3O2S/c18-10-16-20(19)13-6-12(7-13)17-9-15-8-14(17)11-4-2-1-3-5-11/h1-5,8-10,12-13H,6-7H2,(H,16,18). The molecule has 1 saturated carbocycles. The molecule has 1 aromatic carbocycles. The first-order valence-corrected chi connectivity index (χ1v) is 7.68. The molecule has 1 N–H and O–H groups in total. The van der Waals surface area contributed by atoms with E-state index in [0.29, 0.717) is 12.5 Å². The van der Waals surface area contributed by atoms with E-state index in [1.807, 2.05) is 30.7 Å². The van der Waals surface area contributed by atoms with Gasteiger partial charge in [-0.05, 0) is 18.4 Å². The van der Waals surface area contributed by atoms with Crippen LogP contribution in [0.3, 0.4) is 0 Å². The molecule has 5 nitrogen and oxygen atoms in total. The third kappa shape index (κ3) is 2.38. The van der Waals surface area contributed by atoms with Crippen molar-refractivity contribution in [2.75, 3.05) is 0 Å². The van der Waals surface area contributed by atoms with Gasteiger partial charge >= 0.3 is 0 Å². The summed E-state index contributed by atoms with van der Waals surface area (Å²) in [7, 11) is -1.26. The Balaban J connectivity index is 1.73. The molecule has 0 aliphatic heterocycles. The number of nitrogens with one attached hydrogen (secondary N) is 1. The maximum absolute atomic E-state index is 11.6. The van der Waals surface area contributed by atoms with Crippen molar-refractivity contribution in [3.05, 3.63) is 42.9 Å². The third-order valence-corrected chi connectivity index (χ3v) is 4.98. The van der Waals surface area contributed by atoms with Crippen LogP contribution < -0.4 is 4.72 Å². The molecule has 1 atom stereocenters. The smallest absolute Gasteiger partial charge is 0.218 e. The lowest BCUT2D eigenvalue weighted by atomic mass is 9.91. The third-order valence-electron chi connectivity index (χ3n) is 3.67. The van der Waals surface area contributed by atoms with Gasteiger partial charge in [-0.25, -0.2) is 9.19 Å². The fourth-order valence-electron chi connectivity index (χ4n) is 2.51. The number of aromatic nitrogens is 2. The Bertz CT molecular complexity index is 620. The number of carbonyl (C=O) groups excluding carboxylic acids is 1. The van der Waals surface area contributed by atoms with E-state index in [-0.39, 0.29) is 5.25 Å². The first-order valence-electron chi connectivity index (χ1n) is 6.47. The average Bonchev–Trinajstić information content (AvgIpc) is 2.87. The number of imidazole rings is 1. The van der Waals surface area contributed by atoms with Crippen LogP contribution in [0.1, 0.15) is 18.9 Å². The van der Waals surface area contributed by atoms with Crippen LogP contribution in [0.15, 0.2) is 42.9 Å². The second-order valence-corrected chi connectivity index (χ2v) is 6.33. The molecule has 6 heteroatoms. The number of nitrogens with zero attached hydrogens (tertiary/aromatic N) is 2. The zero-order valence-corrected chi connectivity index (χ0v) is 11.6. The maximum Gasteiger partial charge on any atom is 0.218 e. The summed E-state index contributed by atoms with van der Waals surface area (Å²) in [6.45, 7) is 0. The summed E-state index contributed by atoms with van der Waals surface area (Å²) >= 11 is 0. The zero-order chi connectivity index (χ0) is 13.9. The molecule has 1 heterocycles. The highest BCUT2D eigenvalue weighted by atomic mass is 32.2. The lowest BCUT2D eigenvalue weighted by Crippen LogP contribution is -2.39. The molecule has 2 aromatic rings. The number of hydrogen-bond donors (Lipinski definition) is 1. The Labute approximate surface area is 119 Å². The second kappa shape index (κ2) is 5.58. The maximum atomic E-state index is 11.6. The number of rotatable bonds is 5. The SMILES string of the molecule is O=CNS(=O)C1CC(n2cncc2-c2ccccc2)C1. The molecule has 1 fully saturated rings. The molecule has 1 aliphatic rings. The monoisotopic (exact) mass is 289 g/mol. The van der Waals surface area contributed by atoms with Crippen molar-refractivity contribution in [1.82, 2.24) is 14.3 Å². The highest BCUT2D eigenvalue weighted by Crippen LogP contribution is 2.37. The summed E-state index contributed by atoms with van der Waals surface area (Å²) in [5.74, 6) is 0. The Hall–Kier alpha value is -1.95. The Kier molecular flexibility index (Phi) is 3.64. The van der Waals surface area contributed by atoms with Gasteiger partial charge in [-0.1, -0.05) is 30.3 Å². The molecule has 0 saturated heterocycles. The van der Waals surface area contributed by atoms with E-state index in [1.165, 1.54) is 0 Å². The molecule has 20 heavy (non-hydrogen) atoms. The molecular formula is C14H15N3O2S. The van der Waals surface area contributed by atoms with Crippen molar-refractivity contribution in [2.45, 2.75) is 24.1 Å². The molecule has 1 amide bonds. The van der Waals surface area contributed by atoms with Crippen molar-refractivity contribution >= 4 is 17.4 Å². The summed E-state index contributed by atoms with van der Waals surface area (Å²) in [6, 6.07) is 10.4. The van der Waals surface area contributed by atoms with Crippen LogP contribution in [0.25, 0.3) is 11.3 Å². The van der Waals surface area contributed by atoms with E-state index >= 15 is 0 Å². The zero-order valence-electron chi connectivity index (χ0n) is 10.8. The summed E-state index contributed by atoms with van der Waals surface area (Å²) in [4.78, 5) is 14.5. The minimum absolute atomic E-state index is 0.0382. The van der Waals surface area contributed by atoms with Gasteiger partial charge in [-0.3, -0.25) is 9.52 Å². The molecule has 3 rings (SSSR count). The van der Waals surface area contributed by atoms with Crippen molar-refractivity contribution in [1.29, 1.82) is 0 Å². The van der Waals surface area contributed by atoms with Crippen molar-refractivity contribution in [3.8, 4) is 11.3 Å². The Morgan fingerprint density at radius 2 is 2.05 bits per heavy atom. The highest BCUT2D eigenvalue weighted by Gasteiger charge is 2.35. The number of benzene rings is 1. The summed E-state index contributed by atoms with van der Waals surface area (Å²) in [5, 5.41) is 0.0382. The van der Waals surface area contributed by atoms with Gasteiger partial charge in [0, 0.05) is 6.04 Å². The van der Waals surface area contributed by atoms with E-state index in [2.05, 4.69) is 26.4 Å². The summed E-state index contributed by atoms with van der Waals surface area (Å²) in [6.07, 6.45) is 5.76. The van der Waals surface area contributed by atoms with Gasteiger partial charge in [-0.2, -0.15) is 0 Å². The first kappa shape index (κ1) is 13.1. The number of amides is 1. The van der Waals surface area contributed by atoms with Crippen LogP contribution in [-0.2, 0) is 15.8 Å². The minimum Gasteiger partial charge on any atom is -0.327 e. The summed E-state index contributed by atoms with van der Waals surface area (Å²) < 4.78 is 16.1. The number of carbonyl (C=O) groups is 1. The van der Waals surface area contributed by atoms with Crippen LogP contribution in [-0.4, -0.2) is 25.4 Å². The lowest BCUT2D eigenvalue weighted by Gasteiger charge is -2.35. The molecule has 0 spiro atoms. The van der Waals surface area contributed by atoms with Crippen LogP contribution in [0, 0.1) is 0 Å². The van der Waals surface area contributed by atoms with E-state index in [9.17, 15) is 9.00 Å². The lowest BCUT2D eigenvalue weighted by molar-refractivity contribution is -0.108. The summed E-state index contributed by atoms with van der Waals surface area (Å²) in [5.41, 5.74) is 2.20. The highest BCUT2D eigenvalue weighted by molar-refractivity contribution is 7.84. The van der Waals surface area contributed by atoms with Crippen LogP contribution in [0.4, 0.5) is 0 Å². The molecule has 104 valence electrons. The molecular weight excluding hydrogens is 274 g/mol. The van der Waals surface area contributed by atoms with Crippen molar-refractivity contribution in [3.63, 3.8) is 0 Å². The van der Waals surface area contributed by atoms with Crippen molar-refractivity contribution in [2.24, 2.45) is 0 Å². The normalized spacial score (nSPS) is 22.8. The van der Waals surface area contributed by atoms with Gasteiger partial charge in [0.2, 0.25) is 6.41 Å². The minimum atomic E-state index is -1.26. The fourth-order valence-corrected chi connectivity index (χ4v) is 3.59. The van der Waals surface area contributed by atoms with E-state index < -0.39 is 11.0 Å². The van der Waals surface area contributed by atoms with Gasteiger partial charge in [0.25, 0.3) is 0 Å². The first-order chi connectivity index (χ1) is 9.79. The Morgan fingerprint density at radius 3 is 2.75 bits per heavy atom. The van der Waals surface area contributed by atoms with Crippen molar-refractivity contribution < 1.29 is 9.00 Å². The Morgan fingerprint density at radius 1 is 1.30 bits per heavy atom. The van der Waals surface area contributed by atoms with Crippen LogP contribution in [0.2, 0.25) is 0 Å². The van der Waals surface area contributed by atoms with Crippen LogP contribution in [0.5, 0.6) is 0 Å². The molecule has 1 unspecified atom stereocenters. The average molecular weight is 289 g/mol. The van der Waals surface area contributed by atoms with E-state index in [0.717, 1.165) is 24.1 Å². The van der Waals surface area contributed by atoms with Gasteiger partial charge in [-0.15, -0.1) is 0 Å². The molecule has 0 radical (unpaired) electrons. The van der Waals surface area contributed by atoms with E-state index in [4.69, 9.17) is 0 Å². The van der Waals surface area contributed by atoms with Gasteiger partial charge in [0.15, 0.2) is 0 Å².